The lowest BCUT2D eigenvalue weighted by Gasteiger charge is -2.32. The van der Waals surface area contributed by atoms with E-state index in [1.807, 2.05) is 0 Å². The van der Waals surface area contributed by atoms with E-state index >= 15 is 0 Å². The van der Waals surface area contributed by atoms with Crippen molar-refractivity contribution >= 4 is 5.69 Å². The van der Waals surface area contributed by atoms with E-state index in [0.717, 1.165) is 0 Å². The molecule has 0 fully saturated rings. The summed E-state index contributed by atoms with van der Waals surface area (Å²) in [5.41, 5.74) is 4.20. The van der Waals surface area contributed by atoms with Crippen LogP contribution in [0.2, 0.25) is 0 Å². The largest absolute Gasteiger partial charge is 0.381 e. The van der Waals surface area contributed by atoms with Gasteiger partial charge >= 0.3 is 0 Å². The molecule has 1 heterocycles. The van der Waals surface area contributed by atoms with Gasteiger partial charge in [0, 0.05) is 17.6 Å². The van der Waals surface area contributed by atoms with Crippen LogP contribution in [0.1, 0.15) is 25.3 Å². The Labute approximate surface area is 103 Å². The molecule has 1 aromatic carbocycles. The number of allylic oxidation sites excluding steroid dienone is 3. The second-order valence-corrected chi connectivity index (χ2v) is 5.15. The highest BCUT2D eigenvalue weighted by atomic mass is 14.9. The SMILES string of the molecule is CC1=CCC([C@H]2CCc3ccccc3N2)C=C1. The fourth-order valence-electron chi connectivity index (χ4n) is 2.83. The lowest BCUT2D eigenvalue weighted by Crippen LogP contribution is -2.32. The van der Waals surface area contributed by atoms with Crippen LogP contribution in [0.5, 0.6) is 0 Å². The van der Waals surface area contributed by atoms with Gasteiger partial charge in [0.05, 0.1) is 0 Å². The van der Waals surface area contributed by atoms with Crippen molar-refractivity contribution in [3.8, 4) is 0 Å². The van der Waals surface area contributed by atoms with Crippen LogP contribution in [0.4, 0.5) is 5.69 Å². The number of fused-ring (bicyclic) bond motifs is 1. The van der Waals surface area contributed by atoms with E-state index in [0.29, 0.717) is 12.0 Å². The van der Waals surface area contributed by atoms with E-state index in [4.69, 9.17) is 0 Å². The molecule has 0 saturated carbocycles. The van der Waals surface area contributed by atoms with Crippen LogP contribution >= 0.6 is 0 Å². The lowest BCUT2D eigenvalue weighted by atomic mass is 9.85. The molecule has 1 N–H and O–H groups in total. The number of rotatable bonds is 1. The molecule has 0 amide bonds. The highest BCUT2D eigenvalue weighted by Gasteiger charge is 2.24. The molecule has 1 unspecified atom stereocenters. The van der Waals surface area contributed by atoms with Gasteiger partial charge in [-0.05, 0) is 37.8 Å². The second-order valence-electron chi connectivity index (χ2n) is 5.15. The monoisotopic (exact) mass is 225 g/mol. The fraction of sp³-hybridized carbons (Fsp3) is 0.375. The third kappa shape index (κ3) is 2.14. The fourth-order valence-corrected chi connectivity index (χ4v) is 2.83. The Hall–Kier alpha value is -1.50. The first-order valence-corrected chi connectivity index (χ1v) is 6.52. The highest BCUT2D eigenvalue weighted by Crippen LogP contribution is 2.30. The van der Waals surface area contributed by atoms with Crippen LogP contribution in [0, 0.1) is 5.92 Å². The third-order valence-corrected chi connectivity index (χ3v) is 3.92. The van der Waals surface area contributed by atoms with Crippen LogP contribution in [0.25, 0.3) is 0 Å². The quantitative estimate of drug-likeness (QED) is 0.763. The molecule has 1 aromatic rings. The topological polar surface area (TPSA) is 12.0 Å². The number of aryl methyl sites for hydroxylation is 1. The molecule has 2 aliphatic rings. The number of para-hydroxylation sites is 1. The summed E-state index contributed by atoms with van der Waals surface area (Å²) < 4.78 is 0. The summed E-state index contributed by atoms with van der Waals surface area (Å²) in [6.45, 7) is 2.18. The average molecular weight is 225 g/mol. The molecule has 1 aliphatic heterocycles. The molecular weight excluding hydrogens is 206 g/mol. The Morgan fingerprint density at radius 2 is 2.12 bits per heavy atom. The molecule has 2 atom stereocenters. The molecule has 0 saturated heterocycles. The van der Waals surface area contributed by atoms with Gasteiger partial charge in [-0.2, -0.15) is 0 Å². The predicted octanol–water partition coefficient (Wildman–Crippen LogP) is 3.94. The van der Waals surface area contributed by atoms with Crippen LogP contribution < -0.4 is 5.32 Å². The van der Waals surface area contributed by atoms with Crippen LogP contribution in [-0.2, 0) is 6.42 Å². The zero-order valence-corrected chi connectivity index (χ0v) is 10.3. The summed E-state index contributed by atoms with van der Waals surface area (Å²) in [7, 11) is 0. The van der Waals surface area contributed by atoms with Crippen LogP contribution in [-0.4, -0.2) is 6.04 Å². The first kappa shape index (κ1) is 10.6. The Kier molecular flexibility index (Phi) is 2.76. The molecular formula is C16H19N. The number of anilines is 1. The van der Waals surface area contributed by atoms with Gasteiger partial charge in [-0.15, -0.1) is 0 Å². The maximum Gasteiger partial charge on any atom is 0.0375 e. The highest BCUT2D eigenvalue weighted by molar-refractivity contribution is 5.54. The van der Waals surface area contributed by atoms with E-state index in [9.17, 15) is 0 Å². The van der Waals surface area contributed by atoms with E-state index in [1.165, 1.54) is 36.1 Å². The van der Waals surface area contributed by atoms with Crippen molar-refractivity contribution in [2.45, 2.75) is 32.2 Å². The van der Waals surface area contributed by atoms with Crippen LogP contribution in [0.3, 0.4) is 0 Å². The van der Waals surface area contributed by atoms with Gasteiger partial charge in [-0.1, -0.05) is 42.0 Å². The number of nitrogens with one attached hydrogen (secondary N) is 1. The second kappa shape index (κ2) is 4.40. The Morgan fingerprint density at radius 3 is 2.94 bits per heavy atom. The van der Waals surface area contributed by atoms with Gasteiger partial charge in [-0.25, -0.2) is 0 Å². The summed E-state index contributed by atoms with van der Waals surface area (Å²) in [5, 5.41) is 3.70. The number of hydrogen-bond donors (Lipinski definition) is 1. The van der Waals surface area contributed by atoms with E-state index in [2.05, 4.69) is 54.7 Å². The van der Waals surface area contributed by atoms with Crippen molar-refractivity contribution in [3.63, 3.8) is 0 Å². The molecule has 1 heteroatoms. The first-order valence-electron chi connectivity index (χ1n) is 6.52. The Morgan fingerprint density at radius 1 is 1.24 bits per heavy atom. The summed E-state index contributed by atoms with van der Waals surface area (Å²) in [6.07, 6.45) is 10.6. The molecule has 0 radical (unpaired) electrons. The predicted molar refractivity (Wildman–Crippen MR) is 73.2 cm³/mol. The summed E-state index contributed by atoms with van der Waals surface area (Å²) in [5.74, 6) is 0.659. The van der Waals surface area contributed by atoms with Crippen molar-refractivity contribution in [1.82, 2.24) is 0 Å². The van der Waals surface area contributed by atoms with Crippen molar-refractivity contribution in [3.05, 3.63) is 53.6 Å². The minimum atomic E-state index is 0.602. The smallest absolute Gasteiger partial charge is 0.0375 e. The molecule has 3 rings (SSSR count). The summed E-state index contributed by atoms with van der Waals surface area (Å²) in [4.78, 5) is 0. The van der Waals surface area contributed by atoms with Crippen molar-refractivity contribution in [2.75, 3.05) is 5.32 Å². The minimum Gasteiger partial charge on any atom is -0.381 e. The standard InChI is InChI=1S/C16H19N/c1-12-6-8-14(9-7-12)16-11-10-13-4-2-3-5-15(13)17-16/h2-8,14,16-17H,9-11H2,1H3/t14?,16-/m1/s1. The van der Waals surface area contributed by atoms with E-state index in [1.54, 1.807) is 0 Å². The first-order chi connectivity index (χ1) is 8.33. The van der Waals surface area contributed by atoms with Gasteiger partial charge in [0.25, 0.3) is 0 Å². The van der Waals surface area contributed by atoms with Crippen molar-refractivity contribution < 1.29 is 0 Å². The van der Waals surface area contributed by atoms with Gasteiger partial charge in [-0.3, -0.25) is 0 Å². The van der Waals surface area contributed by atoms with Crippen molar-refractivity contribution in [1.29, 1.82) is 0 Å². The normalized spacial score (nSPS) is 27.0. The van der Waals surface area contributed by atoms with E-state index < -0.39 is 0 Å². The third-order valence-electron chi connectivity index (χ3n) is 3.92. The van der Waals surface area contributed by atoms with E-state index in [-0.39, 0.29) is 0 Å². The van der Waals surface area contributed by atoms with Gasteiger partial charge in [0.2, 0.25) is 0 Å². The molecule has 1 nitrogen and oxygen atoms in total. The number of benzene rings is 1. The Bertz CT molecular complexity index is 470. The van der Waals surface area contributed by atoms with Crippen LogP contribution in [0.15, 0.2) is 48.1 Å². The average Bonchev–Trinajstić information content (AvgIpc) is 2.39. The maximum atomic E-state index is 3.70. The molecule has 88 valence electrons. The zero-order valence-electron chi connectivity index (χ0n) is 10.3. The van der Waals surface area contributed by atoms with Gasteiger partial charge in [0.1, 0.15) is 0 Å². The van der Waals surface area contributed by atoms with Gasteiger partial charge < -0.3 is 5.32 Å². The van der Waals surface area contributed by atoms with Gasteiger partial charge in [0.15, 0.2) is 0 Å². The lowest BCUT2D eigenvalue weighted by molar-refractivity contribution is 0.490. The summed E-state index contributed by atoms with van der Waals surface area (Å²) in [6, 6.07) is 9.29. The summed E-state index contributed by atoms with van der Waals surface area (Å²) >= 11 is 0. The molecule has 17 heavy (non-hydrogen) atoms. The maximum absolute atomic E-state index is 3.70. The van der Waals surface area contributed by atoms with Crippen molar-refractivity contribution in [2.24, 2.45) is 5.92 Å². The Balaban J connectivity index is 1.75. The number of hydrogen-bond acceptors (Lipinski definition) is 1. The molecule has 1 aliphatic carbocycles. The molecule has 0 aromatic heterocycles. The molecule has 0 spiro atoms. The molecule has 0 bridgehead atoms. The minimum absolute atomic E-state index is 0.602. The zero-order chi connectivity index (χ0) is 11.7.